The molecule has 130 valence electrons. The van der Waals surface area contributed by atoms with Crippen LogP contribution in [0.2, 0.25) is 5.02 Å². The van der Waals surface area contributed by atoms with E-state index in [1.165, 1.54) is 12.1 Å². The SMILES string of the molecule is O=C(Nc1cccc(Cl)c1)N1CCN(C(=O)c2cccc(O)c2)CC1. The number of phenolic OH excluding ortho intramolecular Hbond substituents is 1. The zero-order valence-corrected chi connectivity index (χ0v) is 14.2. The Bertz CT molecular complexity index is 789. The molecule has 25 heavy (non-hydrogen) atoms. The minimum Gasteiger partial charge on any atom is -0.508 e. The van der Waals surface area contributed by atoms with Crippen molar-refractivity contribution < 1.29 is 14.7 Å². The highest BCUT2D eigenvalue weighted by Crippen LogP contribution is 2.17. The van der Waals surface area contributed by atoms with Crippen LogP contribution in [0.1, 0.15) is 10.4 Å². The summed E-state index contributed by atoms with van der Waals surface area (Å²) in [5, 5.41) is 12.9. The van der Waals surface area contributed by atoms with Gasteiger partial charge in [0, 0.05) is 42.5 Å². The van der Waals surface area contributed by atoms with Crippen LogP contribution < -0.4 is 5.32 Å². The summed E-state index contributed by atoms with van der Waals surface area (Å²) in [6, 6.07) is 13.0. The zero-order chi connectivity index (χ0) is 17.8. The third-order valence-corrected chi connectivity index (χ3v) is 4.26. The minimum atomic E-state index is -0.216. The molecule has 1 aliphatic heterocycles. The fraction of sp³-hybridized carbons (Fsp3) is 0.222. The van der Waals surface area contributed by atoms with Gasteiger partial charge in [-0.15, -0.1) is 0 Å². The molecule has 1 aliphatic rings. The van der Waals surface area contributed by atoms with Crippen LogP contribution >= 0.6 is 11.6 Å². The molecule has 3 amide bonds. The van der Waals surface area contributed by atoms with E-state index in [2.05, 4.69) is 5.32 Å². The first-order valence-corrected chi connectivity index (χ1v) is 8.30. The van der Waals surface area contributed by atoms with E-state index in [1.54, 1.807) is 46.2 Å². The van der Waals surface area contributed by atoms with Crippen LogP contribution in [0.4, 0.5) is 10.5 Å². The van der Waals surface area contributed by atoms with Crippen LogP contribution in [-0.4, -0.2) is 53.0 Å². The number of nitrogens with one attached hydrogen (secondary N) is 1. The first-order valence-electron chi connectivity index (χ1n) is 7.93. The fourth-order valence-electron chi connectivity index (χ4n) is 2.70. The molecule has 2 N–H and O–H groups in total. The van der Waals surface area contributed by atoms with Gasteiger partial charge in [-0.1, -0.05) is 23.7 Å². The number of benzene rings is 2. The number of aromatic hydroxyl groups is 1. The molecule has 0 aromatic heterocycles. The summed E-state index contributed by atoms with van der Waals surface area (Å²) in [7, 11) is 0. The van der Waals surface area contributed by atoms with Gasteiger partial charge in [-0.05, 0) is 36.4 Å². The van der Waals surface area contributed by atoms with Crippen molar-refractivity contribution in [2.45, 2.75) is 0 Å². The highest BCUT2D eigenvalue weighted by Gasteiger charge is 2.25. The largest absolute Gasteiger partial charge is 0.508 e. The molecule has 2 aromatic rings. The van der Waals surface area contributed by atoms with Gasteiger partial charge >= 0.3 is 6.03 Å². The van der Waals surface area contributed by atoms with Crippen LogP contribution in [0.3, 0.4) is 0 Å². The maximum Gasteiger partial charge on any atom is 0.321 e. The van der Waals surface area contributed by atoms with Crippen LogP contribution in [0, 0.1) is 0 Å². The predicted molar refractivity (Wildman–Crippen MR) is 96.1 cm³/mol. The number of hydrogen-bond donors (Lipinski definition) is 2. The molecule has 1 saturated heterocycles. The second-order valence-electron chi connectivity index (χ2n) is 5.77. The Morgan fingerprint density at radius 3 is 2.32 bits per heavy atom. The highest BCUT2D eigenvalue weighted by atomic mass is 35.5. The summed E-state index contributed by atoms with van der Waals surface area (Å²) in [6.07, 6.45) is 0. The van der Waals surface area contributed by atoms with Crippen molar-refractivity contribution in [1.82, 2.24) is 9.80 Å². The lowest BCUT2D eigenvalue weighted by Gasteiger charge is -2.34. The van der Waals surface area contributed by atoms with E-state index in [-0.39, 0.29) is 17.7 Å². The molecule has 1 fully saturated rings. The number of carbonyl (C=O) groups is 2. The van der Waals surface area contributed by atoms with Crippen molar-refractivity contribution in [3.63, 3.8) is 0 Å². The van der Waals surface area contributed by atoms with Crippen LogP contribution in [-0.2, 0) is 0 Å². The van der Waals surface area contributed by atoms with Crippen LogP contribution in [0.25, 0.3) is 0 Å². The van der Waals surface area contributed by atoms with E-state index in [0.717, 1.165) is 0 Å². The molecular weight excluding hydrogens is 342 g/mol. The summed E-state index contributed by atoms with van der Waals surface area (Å²) in [4.78, 5) is 28.1. The third kappa shape index (κ3) is 4.22. The standard InChI is InChI=1S/C18H18ClN3O3/c19-14-4-2-5-15(12-14)20-18(25)22-9-7-21(8-10-22)17(24)13-3-1-6-16(23)11-13/h1-6,11-12,23H,7-10H2,(H,20,25). The van der Waals surface area contributed by atoms with Gasteiger partial charge in [-0.2, -0.15) is 0 Å². The number of anilines is 1. The van der Waals surface area contributed by atoms with Crippen molar-refractivity contribution in [2.75, 3.05) is 31.5 Å². The normalized spacial score (nSPS) is 14.3. The molecule has 0 radical (unpaired) electrons. The van der Waals surface area contributed by atoms with Crippen molar-refractivity contribution in [2.24, 2.45) is 0 Å². The molecule has 0 aliphatic carbocycles. The van der Waals surface area contributed by atoms with Gasteiger partial charge in [0.05, 0.1) is 0 Å². The molecule has 0 bridgehead atoms. The molecule has 0 atom stereocenters. The number of phenols is 1. The van der Waals surface area contributed by atoms with Gasteiger partial charge in [-0.3, -0.25) is 4.79 Å². The topological polar surface area (TPSA) is 72.9 Å². The number of halogens is 1. The second-order valence-corrected chi connectivity index (χ2v) is 6.21. The number of rotatable bonds is 2. The first-order chi connectivity index (χ1) is 12.0. The molecule has 0 spiro atoms. The van der Waals surface area contributed by atoms with E-state index in [4.69, 9.17) is 11.6 Å². The Morgan fingerprint density at radius 1 is 0.960 bits per heavy atom. The average molecular weight is 360 g/mol. The molecule has 1 heterocycles. The number of urea groups is 1. The Morgan fingerprint density at radius 2 is 1.64 bits per heavy atom. The Hall–Kier alpha value is -2.73. The smallest absolute Gasteiger partial charge is 0.321 e. The first kappa shape index (κ1) is 17.1. The lowest BCUT2D eigenvalue weighted by atomic mass is 10.1. The summed E-state index contributed by atoms with van der Waals surface area (Å²) in [5.41, 5.74) is 1.08. The van der Waals surface area contributed by atoms with E-state index < -0.39 is 0 Å². The maximum atomic E-state index is 12.4. The molecule has 6 nitrogen and oxygen atoms in total. The number of hydrogen-bond acceptors (Lipinski definition) is 3. The Balaban J connectivity index is 1.56. The third-order valence-electron chi connectivity index (χ3n) is 4.02. The molecular formula is C18H18ClN3O3. The van der Waals surface area contributed by atoms with Gasteiger partial charge in [0.2, 0.25) is 0 Å². The number of carbonyl (C=O) groups excluding carboxylic acids is 2. The molecule has 3 rings (SSSR count). The maximum absolute atomic E-state index is 12.4. The van der Waals surface area contributed by atoms with E-state index >= 15 is 0 Å². The molecule has 7 heteroatoms. The van der Waals surface area contributed by atoms with Gasteiger partial charge in [-0.25, -0.2) is 4.79 Å². The summed E-state index contributed by atoms with van der Waals surface area (Å²) in [5.74, 6) is -0.0869. The molecule has 0 unspecified atom stereocenters. The monoisotopic (exact) mass is 359 g/mol. The fourth-order valence-corrected chi connectivity index (χ4v) is 2.89. The van der Waals surface area contributed by atoms with Gasteiger partial charge < -0.3 is 20.2 Å². The predicted octanol–water partition coefficient (Wildman–Crippen LogP) is 3.04. The second kappa shape index (κ2) is 7.44. The quantitative estimate of drug-likeness (QED) is 0.865. The Kier molecular flexibility index (Phi) is 5.09. The van der Waals surface area contributed by atoms with E-state index in [0.29, 0.717) is 42.5 Å². The molecule has 0 saturated carbocycles. The van der Waals surface area contributed by atoms with Crippen LogP contribution in [0.15, 0.2) is 48.5 Å². The van der Waals surface area contributed by atoms with Gasteiger partial charge in [0.25, 0.3) is 5.91 Å². The summed E-state index contributed by atoms with van der Waals surface area (Å²) >= 11 is 5.91. The lowest BCUT2D eigenvalue weighted by Crippen LogP contribution is -2.51. The summed E-state index contributed by atoms with van der Waals surface area (Å²) < 4.78 is 0. The lowest BCUT2D eigenvalue weighted by molar-refractivity contribution is 0.0671. The van der Waals surface area contributed by atoms with Gasteiger partial charge in [0.15, 0.2) is 0 Å². The van der Waals surface area contributed by atoms with Gasteiger partial charge in [0.1, 0.15) is 5.75 Å². The van der Waals surface area contributed by atoms with Crippen molar-refractivity contribution in [1.29, 1.82) is 0 Å². The van der Waals surface area contributed by atoms with Crippen molar-refractivity contribution in [3.8, 4) is 5.75 Å². The van der Waals surface area contributed by atoms with E-state index in [9.17, 15) is 14.7 Å². The van der Waals surface area contributed by atoms with Crippen molar-refractivity contribution >= 4 is 29.2 Å². The number of nitrogens with zero attached hydrogens (tertiary/aromatic N) is 2. The highest BCUT2D eigenvalue weighted by molar-refractivity contribution is 6.30. The van der Waals surface area contributed by atoms with E-state index in [1.807, 2.05) is 0 Å². The molecule has 2 aromatic carbocycles. The Labute approximate surface area is 150 Å². The summed E-state index contributed by atoms with van der Waals surface area (Å²) in [6.45, 7) is 1.77. The number of amides is 3. The average Bonchev–Trinajstić information content (AvgIpc) is 2.61. The van der Waals surface area contributed by atoms with Crippen molar-refractivity contribution in [3.05, 3.63) is 59.1 Å². The number of piperazine rings is 1. The minimum absolute atomic E-state index is 0.0605. The van der Waals surface area contributed by atoms with Crippen LogP contribution in [0.5, 0.6) is 5.75 Å². The zero-order valence-electron chi connectivity index (χ0n) is 13.5.